The van der Waals surface area contributed by atoms with Gasteiger partial charge in [0, 0.05) is 23.7 Å². The lowest BCUT2D eigenvalue weighted by Gasteiger charge is -2.17. The molecule has 1 aliphatic heterocycles. The van der Waals surface area contributed by atoms with E-state index < -0.39 is 0 Å². The van der Waals surface area contributed by atoms with Crippen LogP contribution in [0, 0.1) is 6.92 Å². The predicted octanol–water partition coefficient (Wildman–Crippen LogP) is 3.25. The highest BCUT2D eigenvalue weighted by atomic mass is 16.5. The molecule has 20 heavy (non-hydrogen) atoms. The second-order valence-electron chi connectivity index (χ2n) is 5.92. The third kappa shape index (κ3) is 1.84. The quantitative estimate of drug-likeness (QED) is 0.836. The van der Waals surface area contributed by atoms with Crippen molar-refractivity contribution < 1.29 is 4.74 Å². The Kier molecular flexibility index (Phi) is 2.79. The molecule has 1 aliphatic carbocycles. The largest absolute Gasteiger partial charge is 0.493 e. The van der Waals surface area contributed by atoms with Gasteiger partial charge in [-0.1, -0.05) is 18.2 Å². The summed E-state index contributed by atoms with van der Waals surface area (Å²) >= 11 is 0. The van der Waals surface area contributed by atoms with Gasteiger partial charge < -0.3 is 9.30 Å². The van der Waals surface area contributed by atoms with Crippen molar-refractivity contribution in [3.05, 3.63) is 47.0 Å². The Morgan fingerprint density at radius 3 is 3.05 bits per heavy atom. The van der Waals surface area contributed by atoms with E-state index in [9.17, 15) is 0 Å². The van der Waals surface area contributed by atoms with Crippen molar-refractivity contribution in [1.29, 1.82) is 0 Å². The molecule has 2 aromatic rings. The Morgan fingerprint density at radius 2 is 2.10 bits per heavy atom. The maximum Gasteiger partial charge on any atom is 0.122 e. The molecule has 0 bridgehead atoms. The summed E-state index contributed by atoms with van der Waals surface area (Å²) in [5, 5.41) is 0. The maximum absolute atomic E-state index is 5.81. The molecule has 1 aromatic carbocycles. The zero-order valence-electron chi connectivity index (χ0n) is 11.9. The van der Waals surface area contributed by atoms with Crippen molar-refractivity contribution in [2.75, 3.05) is 6.61 Å². The highest BCUT2D eigenvalue weighted by Crippen LogP contribution is 2.35. The molecule has 2 heterocycles. The summed E-state index contributed by atoms with van der Waals surface area (Å²) in [5.74, 6) is 2.69. The molecule has 3 nitrogen and oxygen atoms in total. The minimum Gasteiger partial charge on any atom is -0.493 e. The number of aryl methyl sites for hydroxylation is 2. The zero-order valence-corrected chi connectivity index (χ0v) is 11.9. The molecule has 0 spiro atoms. The number of hydrogen-bond acceptors (Lipinski definition) is 2. The van der Waals surface area contributed by atoms with Gasteiger partial charge in [0.1, 0.15) is 11.6 Å². The fourth-order valence-corrected chi connectivity index (χ4v) is 3.58. The third-order valence-electron chi connectivity index (χ3n) is 4.63. The smallest absolute Gasteiger partial charge is 0.122 e. The number of ether oxygens (including phenoxy) is 1. The number of rotatable bonds is 2. The molecule has 104 valence electrons. The number of hydrogen-bond donors (Lipinski definition) is 0. The van der Waals surface area contributed by atoms with E-state index in [2.05, 4.69) is 29.7 Å². The number of fused-ring (bicyclic) bond motifs is 2. The molecular weight excluding hydrogens is 248 g/mol. The van der Waals surface area contributed by atoms with Gasteiger partial charge in [0.05, 0.1) is 12.3 Å². The molecular formula is C17H20N2O. The van der Waals surface area contributed by atoms with Crippen LogP contribution in [-0.2, 0) is 19.4 Å². The van der Waals surface area contributed by atoms with Crippen LogP contribution in [0.25, 0.3) is 0 Å². The van der Waals surface area contributed by atoms with E-state index in [0.29, 0.717) is 5.92 Å². The molecule has 1 unspecified atom stereocenters. The summed E-state index contributed by atoms with van der Waals surface area (Å²) in [6, 6.07) is 8.43. The Balaban J connectivity index is 1.66. The second kappa shape index (κ2) is 4.65. The minimum absolute atomic E-state index is 0.463. The molecule has 0 fully saturated rings. The van der Waals surface area contributed by atoms with Gasteiger partial charge in [-0.3, -0.25) is 0 Å². The van der Waals surface area contributed by atoms with Gasteiger partial charge in [-0.15, -0.1) is 0 Å². The van der Waals surface area contributed by atoms with Crippen molar-refractivity contribution in [3.63, 3.8) is 0 Å². The summed E-state index contributed by atoms with van der Waals surface area (Å²) in [6.45, 7) is 3.94. The van der Waals surface area contributed by atoms with Gasteiger partial charge >= 0.3 is 0 Å². The Hall–Kier alpha value is -1.77. The highest BCUT2D eigenvalue weighted by Gasteiger charge is 2.26. The predicted molar refractivity (Wildman–Crippen MR) is 78.3 cm³/mol. The van der Waals surface area contributed by atoms with Crippen LogP contribution in [0.1, 0.15) is 41.5 Å². The molecule has 1 atom stereocenters. The van der Waals surface area contributed by atoms with Crippen LogP contribution in [0.2, 0.25) is 0 Å². The Bertz CT molecular complexity index is 644. The van der Waals surface area contributed by atoms with E-state index in [1.165, 1.54) is 42.0 Å². The Labute approximate surface area is 119 Å². The normalized spacial score (nSPS) is 20.4. The van der Waals surface area contributed by atoms with Crippen molar-refractivity contribution >= 4 is 0 Å². The van der Waals surface area contributed by atoms with Gasteiger partial charge in [0.2, 0.25) is 0 Å². The van der Waals surface area contributed by atoms with Crippen LogP contribution in [0.15, 0.2) is 24.3 Å². The molecule has 4 rings (SSSR count). The van der Waals surface area contributed by atoms with E-state index in [1.807, 2.05) is 6.07 Å². The molecule has 0 radical (unpaired) electrons. The van der Waals surface area contributed by atoms with E-state index in [1.54, 1.807) is 0 Å². The van der Waals surface area contributed by atoms with Gasteiger partial charge in [0.25, 0.3) is 0 Å². The molecule has 0 N–H and O–H groups in total. The molecule has 0 saturated carbocycles. The maximum atomic E-state index is 5.81. The second-order valence-corrected chi connectivity index (χ2v) is 5.92. The standard InChI is InChI=1S/C17H20N2O/c1-12-18-15-7-3-4-8-16(15)19(12)10-13-11-20-17-9-5-2-6-14(13)17/h2,5-6,9,13H,3-4,7-8,10-11H2,1H3. The first kappa shape index (κ1) is 12.0. The lowest BCUT2D eigenvalue weighted by molar-refractivity contribution is 0.317. The average molecular weight is 268 g/mol. The summed E-state index contributed by atoms with van der Waals surface area (Å²) in [6.07, 6.45) is 4.93. The summed E-state index contributed by atoms with van der Waals surface area (Å²) in [4.78, 5) is 4.77. The van der Waals surface area contributed by atoms with Crippen molar-refractivity contribution in [3.8, 4) is 5.75 Å². The van der Waals surface area contributed by atoms with Gasteiger partial charge in [-0.05, 0) is 38.7 Å². The fraction of sp³-hybridized carbons (Fsp3) is 0.471. The first-order valence-corrected chi connectivity index (χ1v) is 7.59. The van der Waals surface area contributed by atoms with Crippen LogP contribution in [0.5, 0.6) is 5.75 Å². The molecule has 1 aromatic heterocycles. The molecule has 0 saturated heterocycles. The summed E-state index contributed by atoms with van der Waals surface area (Å²) in [7, 11) is 0. The molecule has 2 aliphatic rings. The summed E-state index contributed by atoms with van der Waals surface area (Å²) < 4.78 is 8.25. The van der Waals surface area contributed by atoms with E-state index in [0.717, 1.165) is 25.3 Å². The molecule has 3 heteroatoms. The summed E-state index contributed by atoms with van der Waals surface area (Å²) in [5.41, 5.74) is 4.16. The molecule has 0 amide bonds. The monoisotopic (exact) mass is 268 g/mol. The van der Waals surface area contributed by atoms with E-state index in [4.69, 9.17) is 9.72 Å². The SMILES string of the molecule is Cc1nc2c(n1CC1COc3ccccc31)CCCC2. The number of aromatic nitrogens is 2. The van der Waals surface area contributed by atoms with Crippen LogP contribution in [-0.4, -0.2) is 16.2 Å². The van der Waals surface area contributed by atoms with E-state index >= 15 is 0 Å². The van der Waals surface area contributed by atoms with Crippen LogP contribution >= 0.6 is 0 Å². The number of para-hydroxylation sites is 1. The number of imidazole rings is 1. The van der Waals surface area contributed by atoms with Crippen molar-refractivity contribution in [2.45, 2.75) is 45.1 Å². The average Bonchev–Trinajstić information content (AvgIpc) is 3.02. The van der Waals surface area contributed by atoms with Crippen molar-refractivity contribution in [2.24, 2.45) is 0 Å². The highest BCUT2D eigenvalue weighted by molar-refractivity contribution is 5.39. The zero-order chi connectivity index (χ0) is 13.5. The van der Waals surface area contributed by atoms with Crippen LogP contribution < -0.4 is 4.74 Å². The first-order chi connectivity index (χ1) is 9.83. The Morgan fingerprint density at radius 1 is 1.25 bits per heavy atom. The van der Waals surface area contributed by atoms with Crippen molar-refractivity contribution in [1.82, 2.24) is 9.55 Å². The van der Waals surface area contributed by atoms with Gasteiger partial charge in [-0.25, -0.2) is 4.98 Å². The fourth-order valence-electron chi connectivity index (χ4n) is 3.58. The van der Waals surface area contributed by atoms with Crippen LogP contribution in [0.4, 0.5) is 0 Å². The topological polar surface area (TPSA) is 27.1 Å². The lowest BCUT2D eigenvalue weighted by atomic mass is 9.99. The van der Waals surface area contributed by atoms with E-state index in [-0.39, 0.29) is 0 Å². The van der Waals surface area contributed by atoms with Gasteiger partial charge in [-0.2, -0.15) is 0 Å². The third-order valence-corrected chi connectivity index (χ3v) is 4.63. The van der Waals surface area contributed by atoms with Crippen LogP contribution in [0.3, 0.4) is 0 Å². The van der Waals surface area contributed by atoms with Gasteiger partial charge in [0.15, 0.2) is 0 Å². The number of benzene rings is 1. The minimum atomic E-state index is 0.463. The first-order valence-electron chi connectivity index (χ1n) is 7.59. The lowest BCUT2D eigenvalue weighted by Crippen LogP contribution is -2.15. The number of nitrogens with zero attached hydrogens (tertiary/aromatic N) is 2.